The highest BCUT2D eigenvalue weighted by Crippen LogP contribution is 2.40. The minimum Gasteiger partial charge on any atom is -0.378 e. The molecule has 0 bridgehead atoms. The summed E-state index contributed by atoms with van der Waals surface area (Å²) in [7, 11) is 0. The van der Waals surface area contributed by atoms with Crippen molar-refractivity contribution in [2.75, 3.05) is 63.9 Å². The van der Waals surface area contributed by atoms with Crippen LogP contribution in [0, 0.1) is 19.7 Å². The normalized spacial score (nSPS) is 17.2. The number of pyridine rings is 2. The van der Waals surface area contributed by atoms with E-state index in [2.05, 4.69) is 45.7 Å². The fraction of sp³-hybridized carbons (Fsp3) is 0.500. The third-order valence-corrected chi connectivity index (χ3v) is 8.17. The van der Waals surface area contributed by atoms with Crippen LogP contribution in [0.3, 0.4) is 0 Å². The molecule has 2 saturated heterocycles. The minimum atomic E-state index is -0.298. The summed E-state index contributed by atoms with van der Waals surface area (Å²) in [6, 6.07) is 0. The van der Waals surface area contributed by atoms with Crippen LogP contribution in [0.1, 0.15) is 36.5 Å². The van der Waals surface area contributed by atoms with Gasteiger partial charge in [0.1, 0.15) is 6.33 Å². The van der Waals surface area contributed by atoms with E-state index in [9.17, 15) is 4.79 Å². The number of H-pyrrole nitrogens is 1. The molecule has 1 amide bonds. The Hall–Kier alpha value is -3.57. The van der Waals surface area contributed by atoms with Gasteiger partial charge in [0.05, 0.1) is 37.2 Å². The van der Waals surface area contributed by atoms with Crippen LogP contribution in [0.25, 0.3) is 27.8 Å². The molecule has 2 fully saturated rings. The molecule has 4 aromatic rings. The maximum Gasteiger partial charge on any atom is 0.236 e. The van der Waals surface area contributed by atoms with E-state index in [4.69, 9.17) is 4.74 Å². The Morgan fingerprint density at radius 3 is 2.54 bits per heavy atom. The van der Waals surface area contributed by atoms with Crippen molar-refractivity contribution in [3.05, 3.63) is 41.2 Å². The van der Waals surface area contributed by atoms with Crippen LogP contribution < -0.4 is 4.90 Å². The van der Waals surface area contributed by atoms with Crippen molar-refractivity contribution in [3.63, 3.8) is 0 Å². The van der Waals surface area contributed by atoms with Crippen LogP contribution in [0.2, 0.25) is 0 Å². The molecule has 0 aromatic carbocycles. The summed E-state index contributed by atoms with van der Waals surface area (Å²) in [6.07, 6.45) is 5.26. The van der Waals surface area contributed by atoms with Crippen LogP contribution in [-0.2, 0) is 9.53 Å². The molecular weight excluding hydrogens is 499 g/mol. The number of aromatic amines is 1. The van der Waals surface area contributed by atoms with Crippen molar-refractivity contribution < 1.29 is 13.9 Å². The molecule has 4 aromatic heterocycles. The summed E-state index contributed by atoms with van der Waals surface area (Å²) in [4.78, 5) is 31.1. The largest absolute Gasteiger partial charge is 0.378 e. The number of nitrogens with one attached hydrogen (secondary N) is 1. The molecule has 0 spiro atoms. The number of piperazine rings is 1. The molecule has 1 N–H and O–H groups in total. The van der Waals surface area contributed by atoms with E-state index >= 15 is 4.39 Å². The lowest BCUT2D eigenvalue weighted by Crippen LogP contribution is -2.51. The number of fused-ring (bicyclic) bond motifs is 2. The van der Waals surface area contributed by atoms with Crippen molar-refractivity contribution in [2.45, 2.75) is 33.6 Å². The van der Waals surface area contributed by atoms with Gasteiger partial charge in [0.25, 0.3) is 0 Å². The molecule has 0 saturated carbocycles. The third kappa shape index (κ3) is 4.53. The first kappa shape index (κ1) is 25.7. The van der Waals surface area contributed by atoms with E-state index in [1.54, 1.807) is 17.0 Å². The van der Waals surface area contributed by atoms with Gasteiger partial charge in [-0.3, -0.25) is 9.69 Å². The number of nitrogens with zero attached hydrogens (tertiary/aromatic N) is 7. The van der Waals surface area contributed by atoms with Crippen LogP contribution in [0.15, 0.2) is 18.7 Å². The zero-order chi connectivity index (χ0) is 27.3. The molecule has 0 radical (unpaired) electrons. The first-order chi connectivity index (χ1) is 18.8. The standard InChI is InChI=1S/C28H35FN8O2/c1-17(2)23-24-21(33-26(23)20-14-37-27(31-16-32-37)19(4)18(20)3)13-30-28(25(24)29)36-7-5-34(6-8-36)15-22(38)35-9-11-39-12-10-35/h13-14,16-17,33H,5-12,15H2,1-4H3. The molecule has 0 aliphatic carbocycles. The summed E-state index contributed by atoms with van der Waals surface area (Å²) >= 11 is 0. The average Bonchev–Trinajstić information content (AvgIpc) is 3.57. The summed E-state index contributed by atoms with van der Waals surface area (Å²) in [6.45, 7) is 13.8. The van der Waals surface area contributed by atoms with E-state index in [0.717, 1.165) is 33.6 Å². The highest BCUT2D eigenvalue weighted by Gasteiger charge is 2.28. The highest BCUT2D eigenvalue weighted by molar-refractivity contribution is 5.94. The van der Waals surface area contributed by atoms with Crippen molar-refractivity contribution in [2.24, 2.45) is 0 Å². The van der Waals surface area contributed by atoms with Crippen molar-refractivity contribution in [1.82, 2.24) is 34.4 Å². The van der Waals surface area contributed by atoms with E-state index in [0.29, 0.717) is 75.7 Å². The molecule has 2 aliphatic heterocycles. The smallest absolute Gasteiger partial charge is 0.236 e. The molecule has 0 atom stereocenters. The predicted octanol–water partition coefficient (Wildman–Crippen LogP) is 3.13. The Morgan fingerprint density at radius 2 is 1.82 bits per heavy atom. The molecule has 0 unspecified atom stereocenters. The molecule has 6 heterocycles. The number of aryl methyl sites for hydroxylation is 1. The second kappa shape index (κ2) is 10.2. The van der Waals surface area contributed by atoms with Gasteiger partial charge in [0.15, 0.2) is 17.3 Å². The molecule has 39 heavy (non-hydrogen) atoms. The van der Waals surface area contributed by atoms with Crippen LogP contribution in [0.5, 0.6) is 0 Å². The van der Waals surface area contributed by atoms with Crippen molar-refractivity contribution in [1.29, 1.82) is 0 Å². The third-order valence-electron chi connectivity index (χ3n) is 8.17. The van der Waals surface area contributed by atoms with Gasteiger partial charge < -0.3 is 19.5 Å². The Labute approximate surface area is 226 Å². The van der Waals surface area contributed by atoms with Crippen LogP contribution in [-0.4, -0.2) is 99.3 Å². The molecule has 10 nitrogen and oxygen atoms in total. The lowest BCUT2D eigenvalue weighted by Gasteiger charge is -2.36. The number of rotatable bonds is 5. The number of halogens is 1. The molecular formula is C28H35FN8O2. The van der Waals surface area contributed by atoms with Crippen molar-refractivity contribution >= 4 is 28.3 Å². The summed E-state index contributed by atoms with van der Waals surface area (Å²) in [5.41, 5.74) is 6.43. The van der Waals surface area contributed by atoms with E-state index in [1.165, 1.54) is 0 Å². The van der Waals surface area contributed by atoms with Gasteiger partial charge in [-0.25, -0.2) is 18.9 Å². The maximum absolute atomic E-state index is 16.3. The molecule has 6 rings (SSSR count). The summed E-state index contributed by atoms with van der Waals surface area (Å²) < 4.78 is 23.4. The predicted molar refractivity (Wildman–Crippen MR) is 148 cm³/mol. The first-order valence-corrected chi connectivity index (χ1v) is 13.7. The Morgan fingerprint density at radius 1 is 1.08 bits per heavy atom. The van der Waals surface area contributed by atoms with Crippen LogP contribution >= 0.6 is 0 Å². The fourth-order valence-corrected chi connectivity index (χ4v) is 5.85. The second-order valence-electron chi connectivity index (χ2n) is 10.8. The van der Waals surface area contributed by atoms with E-state index < -0.39 is 0 Å². The monoisotopic (exact) mass is 534 g/mol. The van der Waals surface area contributed by atoms with Gasteiger partial charge >= 0.3 is 0 Å². The lowest BCUT2D eigenvalue weighted by atomic mass is 9.94. The van der Waals surface area contributed by atoms with Crippen LogP contribution in [0.4, 0.5) is 10.2 Å². The Balaban J connectivity index is 1.29. The number of anilines is 1. The van der Waals surface area contributed by atoms with Gasteiger partial charge in [-0.05, 0) is 36.5 Å². The zero-order valence-electron chi connectivity index (χ0n) is 23.0. The average molecular weight is 535 g/mol. The molecule has 2 aliphatic rings. The SMILES string of the molecule is Cc1c(-c2[nH]c3cnc(N4CCN(CC(=O)N5CCOCC5)CC4)c(F)c3c2C(C)C)cn2ncnc2c1C. The number of morpholine rings is 1. The topological polar surface area (TPSA) is 94.9 Å². The number of carbonyl (C=O) groups is 1. The van der Waals surface area contributed by atoms with Crippen molar-refractivity contribution in [3.8, 4) is 11.3 Å². The van der Waals surface area contributed by atoms with Gasteiger partial charge in [-0.15, -0.1) is 0 Å². The summed E-state index contributed by atoms with van der Waals surface area (Å²) in [5.74, 6) is 0.280. The Kier molecular flexibility index (Phi) is 6.72. The van der Waals surface area contributed by atoms with E-state index in [-0.39, 0.29) is 17.6 Å². The quantitative estimate of drug-likeness (QED) is 0.420. The Bertz CT molecular complexity index is 1530. The molecule has 11 heteroatoms. The van der Waals surface area contributed by atoms with E-state index in [1.807, 2.05) is 22.9 Å². The lowest BCUT2D eigenvalue weighted by molar-refractivity contribution is -0.136. The number of ether oxygens (including phenoxy) is 1. The number of carbonyl (C=O) groups excluding carboxylic acids is 1. The molecule has 206 valence electrons. The van der Waals surface area contributed by atoms with Gasteiger partial charge in [-0.2, -0.15) is 5.10 Å². The minimum absolute atomic E-state index is 0.0766. The van der Waals surface area contributed by atoms with Gasteiger partial charge in [0.2, 0.25) is 5.91 Å². The maximum atomic E-state index is 16.3. The first-order valence-electron chi connectivity index (χ1n) is 13.7. The van der Waals surface area contributed by atoms with Gasteiger partial charge in [-0.1, -0.05) is 13.8 Å². The second-order valence-corrected chi connectivity index (χ2v) is 10.8. The number of aromatic nitrogens is 5. The van der Waals surface area contributed by atoms with Gasteiger partial charge in [0, 0.05) is 56.4 Å². The number of amides is 1. The number of hydrogen-bond acceptors (Lipinski definition) is 7. The fourth-order valence-electron chi connectivity index (χ4n) is 5.85. The number of hydrogen-bond donors (Lipinski definition) is 1. The summed E-state index contributed by atoms with van der Waals surface area (Å²) in [5, 5.41) is 4.93. The zero-order valence-corrected chi connectivity index (χ0v) is 23.0. The highest BCUT2D eigenvalue weighted by atomic mass is 19.1.